The molecule has 1 radical (unpaired) electrons. The summed E-state index contributed by atoms with van der Waals surface area (Å²) in [6, 6.07) is 20.4. The van der Waals surface area contributed by atoms with Gasteiger partial charge in [0.25, 0.3) is 0 Å². The van der Waals surface area contributed by atoms with E-state index in [1.54, 1.807) is 0 Å². The molecule has 0 unspecified atom stereocenters. The molecule has 4 aromatic heterocycles. The average Bonchev–Trinajstić information content (AvgIpc) is 3.52. The van der Waals surface area contributed by atoms with Gasteiger partial charge in [-0.2, -0.15) is 0 Å². The maximum Gasteiger partial charge on any atom is 0.216 e. The van der Waals surface area contributed by atoms with Crippen LogP contribution in [0.4, 0.5) is 0 Å². The van der Waals surface area contributed by atoms with E-state index in [4.69, 9.17) is 18.9 Å². The van der Waals surface area contributed by atoms with Crippen LogP contribution in [0.1, 0.15) is 75.8 Å². The van der Waals surface area contributed by atoms with Gasteiger partial charge in [-0.15, -0.1) is 17.7 Å². The summed E-state index contributed by atoms with van der Waals surface area (Å²) in [6.45, 7) is 15.8. The predicted molar refractivity (Wildman–Crippen MR) is 174 cm³/mol. The smallest absolute Gasteiger partial charge is 0.216 e. The number of furan rings is 2. The number of pyridine rings is 2. The van der Waals surface area contributed by atoms with Gasteiger partial charge in [-0.25, -0.2) is 4.98 Å². The Hall–Kier alpha value is -4.06. The molecule has 0 fully saturated rings. The van der Waals surface area contributed by atoms with Gasteiger partial charge < -0.3 is 18.9 Å². The zero-order chi connectivity index (χ0) is 31.0. The van der Waals surface area contributed by atoms with Crippen LogP contribution in [-0.2, 0) is 24.9 Å². The molecule has 6 rings (SSSR count). The number of benzene rings is 2. The number of hydrogen-bond acceptors (Lipinski definition) is 6. The van der Waals surface area contributed by atoms with E-state index in [1.165, 1.54) is 36.6 Å². The minimum absolute atomic E-state index is 0. The molecule has 44 heavy (non-hydrogen) atoms. The molecule has 7 heteroatoms. The molecule has 0 atom stereocenters. The van der Waals surface area contributed by atoms with Crippen LogP contribution in [0.25, 0.3) is 55.6 Å². The van der Waals surface area contributed by atoms with Crippen LogP contribution >= 0.6 is 0 Å². The third-order valence-corrected chi connectivity index (χ3v) is 7.35. The molecule has 4 heterocycles. The van der Waals surface area contributed by atoms with Crippen molar-refractivity contribution in [2.45, 2.75) is 67.2 Å². The van der Waals surface area contributed by atoms with E-state index in [1.807, 2.05) is 32.2 Å². The van der Waals surface area contributed by atoms with E-state index >= 15 is 0 Å². The second kappa shape index (κ2) is 13.3. The summed E-state index contributed by atoms with van der Waals surface area (Å²) in [5, 5.41) is 11.4. The van der Waals surface area contributed by atoms with E-state index in [-0.39, 0.29) is 31.6 Å². The van der Waals surface area contributed by atoms with Gasteiger partial charge in [0.2, 0.25) is 5.71 Å². The number of aromatic nitrogens is 2. The minimum Gasteiger partial charge on any atom is -0.512 e. The zero-order valence-corrected chi connectivity index (χ0v) is 28.7. The number of nitrogens with zero attached hydrogens (tertiary/aromatic N) is 2. The third kappa shape index (κ3) is 6.54. The topological polar surface area (TPSA) is 89.4 Å². The molecule has 0 bridgehead atoms. The predicted octanol–water partition coefficient (Wildman–Crippen LogP) is 10.2. The summed E-state index contributed by atoms with van der Waals surface area (Å²) in [5.41, 5.74) is 9.34. The number of carbonyl (C=O) groups is 1. The summed E-state index contributed by atoms with van der Waals surface area (Å²) in [4.78, 5) is 19.4. The number of aliphatic hydroxyl groups excluding tert-OH is 1. The van der Waals surface area contributed by atoms with Crippen molar-refractivity contribution in [1.29, 1.82) is 0 Å². The standard InChI is InChI=1S/C32H29N2O2.C5H8O2.Ir/c1-17(2)22-8-7-9-23(18(3)4)28(22)27-16-21-12-13-33-29(30(21)35-27)26-15-19(5)14-25-24-11-10-20(6)34-32(24)36-31(25)26;1-4(6)3-5(2)7;/h7-14,16-18H,1-6H3;3,6H,1-2H3;/q-1;;/b;4-3-;. The van der Waals surface area contributed by atoms with Crippen molar-refractivity contribution >= 4 is 38.8 Å². The van der Waals surface area contributed by atoms with Crippen molar-refractivity contribution < 1.29 is 38.8 Å². The van der Waals surface area contributed by atoms with Gasteiger partial charge in [0.1, 0.15) is 11.3 Å². The number of ketones is 1. The molecule has 2 aromatic carbocycles. The second-order valence-electron chi connectivity index (χ2n) is 11.7. The Morgan fingerprint density at radius 2 is 1.59 bits per heavy atom. The van der Waals surface area contributed by atoms with Crippen molar-refractivity contribution in [2.24, 2.45) is 0 Å². The Balaban J connectivity index is 0.000000497. The van der Waals surface area contributed by atoms with Crippen LogP contribution < -0.4 is 0 Å². The van der Waals surface area contributed by atoms with Gasteiger partial charge in [0.15, 0.2) is 5.78 Å². The van der Waals surface area contributed by atoms with Gasteiger partial charge in [-0.1, -0.05) is 63.8 Å². The minimum atomic E-state index is -0.125. The van der Waals surface area contributed by atoms with Crippen LogP contribution in [0.15, 0.2) is 75.4 Å². The number of aliphatic hydroxyl groups is 1. The van der Waals surface area contributed by atoms with E-state index < -0.39 is 0 Å². The Morgan fingerprint density at radius 3 is 2.18 bits per heavy atom. The number of carbonyl (C=O) groups excluding carboxylic acids is 1. The average molecular weight is 766 g/mol. The van der Waals surface area contributed by atoms with Crippen molar-refractivity contribution in [3.63, 3.8) is 0 Å². The normalized spacial score (nSPS) is 11.7. The molecule has 6 aromatic rings. The van der Waals surface area contributed by atoms with Crippen LogP contribution in [-0.4, -0.2) is 20.9 Å². The van der Waals surface area contributed by atoms with Gasteiger partial charge in [-0.3, -0.25) is 4.79 Å². The number of fused-ring (bicyclic) bond motifs is 4. The van der Waals surface area contributed by atoms with Crippen molar-refractivity contribution in [3.8, 4) is 22.6 Å². The summed E-state index contributed by atoms with van der Waals surface area (Å²) in [7, 11) is 0. The molecule has 0 amide bonds. The first-order chi connectivity index (χ1) is 20.4. The molecule has 0 aliphatic rings. The Morgan fingerprint density at radius 1 is 0.909 bits per heavy atom. The molecular formula is C37H37IrN2O4-. The molecule has 0 aliphatic carbocycles. The van der Waals surface area contributed by atoms with E-state index in [9.17, 15) is 4.79 Å². The van der Waals surface area contributed by atoms with E-state index in [0.717, 1.165) is 55.6 Å². The van der Waals surface area contributed by atoms with Crippen LogP contribution in [0.3, 0.4) is 0 Å². The van der Waals surface area contributed by atoms with Crippen molar-refractivity contribution in [3.05, 3.63) is 95.0 Å². The molecule has 229 valence electrons. The first-order valence-corrected chi connectivity index (χ1v) is 14.6. The summed E-state index contributed by atoms with van der Waals surface area (Å²) in [5.74, 6) is 1.56. The van der Waals surface area contributed by atoms with E-state index in [0.29, 0.717) is 17.5 Å². The molecule has 1 N–H and O–H groups in total. The van der Waals surface area contributed by atoms with Crippen molar-refractivity contribution in [2.75, 3.05) is 0 Å². The van der Waals surface area contributed by atoms with Gasteiger partial charge >= 0.3 is 0 Å². The van der Waals surface area contributed by atoms with Gasteiger partial charge in [-0.05, 0) is 68.0 Å². The molecule has 0 saturated carbocycles. The molecule has 0 aliphatic heterocycles. The summed E-state index contributed by atoms with van der Waals surface area (Å²) < 4.78 is 13.0. The first kappa shape index (κ1) is 32.8. The Kier molecular flexibility index (Phi) is 9.92. The number of hydrogen-bond donors (Lipinski definition) is 1. The fraction of sp³-hybridized carbons (Fsp3) is 0.270. The number of aryl methyl sites for hydroxylation is 2. The Labute approximate surface area is 271 Å². The summed E-state index contributed by atoms with van der Waals surface area (Å²) >= 11 is 0. The SMILES string of the molecule is CC(=O)/C=C(/C)O.Cc1[c-]c(-c2nccc3cc(-c4c(C(C)C)cccc4C(C)C)oc23)c2oc3nc(C)ccc3c2c1.[Ir]. The maximum absolute atomic E-state index is 10.0. The van der Waals surface area contributed by atoms with Crippen LogP contribution in [0.2, 0.25) is 0 Å². The Bertz CT molecular complexity index is 1980. The van der Waals surface area contributed by atoms with Crippen molar-refractivity contribution in [1.82, 2.24) is 9.97 Å². The largest absolute Gasteiger partial charge is 0.512 e. The maximum atomic E-state index is 10.0. The van der Waals surface area contributed by atoms with Gasteiger partial charge in [0, 0.05) is 60.1 Å². The molecule has 0 saturated heterocycles. The van der Waals surface area contributed by atoms with Crippen LogP contribution in [0.5, 0.6) is 0 Å². The second-order valence-corrected chi connectivity index (χ2v) is 11.7. The monoisotopic (exact) mass is 766 g/mol. The zero-order valence-electron chi connectivity index (χ0n) is 26.3. The fourth-order valence-electron chi connectivity index (χ4n) is 5.49. The quantitative estimate of drug-likeness (QED) is 0.107. The fourth-order valence-corrected chi connectivity index (χ4v) is 5.49. The number of rotatable bonds is 5. The summed E-state index contributed by atoms with van der Waals surface area (Å²) in [6.07, 6.45) is 3.00. The molecule has 0 spiro atoms. The van der Waals surface area contributed by atoms with E-state index in [2.05, 4.69) is 75.1 Å². The molecule has 6 nitrogen and oxygen atoms in total. The number of allylic oxidation sites excluding steroid dienone is 2. The van der Waals surface area contributed by atoms with Gasteiger partial charge in [0.05, 0.1) is 11.3 Å². The first-order valence-electron chi connectivity index (χ1n) is 14.6. The molecular weight excluding hydrogens is 729 g/mol. The third-order valence-electron chi connectivity index (χ3n) is 7.35. The van der Waals surface area contributed by atoms with Crippen LogP contribution in [0, 0.1) is 19.9 Å².